The number of quaternary nitrogens is 1. The first-order chi connectivity index (χ1) is 13.5. The van der Waals surface area contributed by atoms with Crippen LogP contribution in [0.1, 0.15) is 44.0 Å². The Morgan fingerprint density at radius 2 is 1.82 bits per heavy atom. The van der Waals surface area contributed by atoms with E-state index in [4.69, 9.17) is 21.1 Å². The van der Waals surface area contributed by atoms with Crippen LogP contribution < -0.4 is 20.1 Å². The molecule has 2 aromatic rings. The Labute approximate surface area is 171 Å². The molecule has 0 saturated heterocycles. The summed E-state index contributed by atoms with van der Waals surface area (Å²) in [5, 5.41) is 5.88. The van der Waals surface area contributed by atoms with Gasteiger partial charge in [-0.15, -0.1) is 0 Å². The molecule has 3 N–H and O–H groups in total. The summed E-state index contributed by atoms with van der Waals surface area (Å²) in [7, 11) is 0. The SMILES string of the molecule is CC(C)[C@H](NC(=O)C[NH2+][C@H](C)c1ccccc1Cl)c1ccc2c(c1)OCCO2. The van der Waals surface area contributed by atoms with Crippen molar-refractivity contribution in [2.24, 2.45) is 5.92 Å². The zero-order chi connectivity index (χ0) is 20.1. The molecule has 5 nitrogen and oxygen atoms in total. The van der Waals surface area contributed by atoms with Crippen molar-refractivity contribution in [2.45, 2.75) is 32.9 Å². The molecule has 0 spiro atoms. The third-order valence-corrected chi connectivity index (χ3v) is 5.31. The molecule has 28 heavy (non-hydrogen) atoms. The summed E-state index contributed by atoms with van der Waals surface area (Å²) in [5.41, 5.74) is 2.05. The molecule has 0 radical (unpaired) electrons. The largest absolute Gasteiger partial charge is 0.486 e. The molecule has 0 saturated carbocycles. The van der Waals surface area contributed by atoms with Crippen molar-refractivity contribution in [3.05, 3.63) is 58.6 Å². The smallest absolute Gasteiger partial charge is 0.275 e. The number of ether oxygens (including phenoxy) is 2. The molecule has 0 fully saturated rings. The molecular weight excluding hydrogens is 376 g/mol. The van der Waals surface area contributed by atoms with Crippen molar-refractivity contribution in [2.75, 3.05) is 19.8 Å². The van der Waals surface area contributed by atoms with E-state index in [1.54, 1.807) is 0 Å². The predicted molar refractivity (Wildman–Crippen MR) is 110 cm³/mol. The van der Waals surface area contributed by atoms with Gasteiger partial charge in [-0.3, -0.25) is 4.79 Å². The maximum Gasteiger partial charge on any atom is 0.275 e. The summed E-state index contributed by atoms with van der Waals surface area (Å²) in [5.74, 6) is 1.73. The number of nitrogens with one attached hydrogen (secondary N) is 1. The first-order valence-corrected chi connectivity index (χ1v) is 10.1. The number of halogens is 1. The standard InChI is InChI=1S/C22H27ClN2O3/c1-14(2)22(16-8-9-19-20(12-16)28-11-10-27-19)25-21(26)13-24-15(3)17-6-4-5-7-18(17)23/h4-9,12,14-15,22,24H,10-11,13H2,1-3H3,(H,25,26)/p+1/t15-,22+/m1/s1. The van der Waals surface area contributed by atoms with Gasteiger partial charge in [0.25, 0.3) is 5.91 Å². The number of benzene rings is 2. The van der Waals surface area contributed by atoms with Gasteiger partial charge in [0.1, 0.15) is 19.3 Å². The monoisotopic (exact) mass is 403 g/mol. The minimum Gasteiger partial charge on any atom is -0.486 e. The fraction of sp³-hybridized carbons (Fsp3) is 0.409. The third kappa shape index (κ3) is 4.97. The van der Waals surface area contributed by atoms with Crippen LogP contribution in [0, 0.1) is 5.92 Å². The molecule has 0 unspecified atom stereocenters. The van der Waals surface area contributed by atoms with E-state index in [0.717, 1.165) is 27.6 Å². The van der Waals surface area contributed by atoms with Gasteiger partial charge in [-0.1, -0.05) is 49.7 Å². The molecule has 2 aromatic carbocycles. The number of rotatable bonds is 7. The minimum absolute atomic E-state index is 0.00695. The highest BCUT2D eigenvalue weighted by Crippen LogP contribution is 2.34. The highest BCUT2D eigenvalue weighted by atomic mass is 35.5. The van der Waals surface area contributed by atoms with E-state index in [0.29, 0.717) is 19.8 Å². The van der Waals surface area contributed by atoms with E-state index < -0.39 is 0 Å². The first kappa shape index (κ1) is 20.5. The number of carbonyl (C=O) groups excluding carboxylic acids is 1. The summed E-state index contributed by atoms with van der Waals surface area (Å²) in [6.45, 7) is 7.69. The van der Waals surface area contributed by atoms with Crippen molar-refractivity contribution in [3.63, 3.8) is 0 Å². The molecule has 150 valence electrons. The molecule has 3 rings (SSSR count). The summed E-state index contributed by atoms with van der Waals surface area (Å²) in [6, 6.07) is 13.6. The van der Waals surface area contributed by atoms with E-state index in [1.165, 1.54) is 0 Å². The topological polar surface area (TPSA) is 64.2 Å². The molecule has 1 aliphatic heterocycles. The summed E-state index contributed by atoms with van der Waals surface area (Å²) in [4.78, 5) is 12.6. The van der Waals surface area contributed by atoms with Crippen LogP contribution in [-0.4, -0.2) is 25.7 Å². The summed E-state index contributed by atoms with van der Waals surface area (Å²) in [6.07, 6.45) is 0. The van der Waals surface area contributed by atoms with E-state index in [2.05, 4.69) is 26.1 Å². The lowest BCUT2D eigenvalue weighted by atomic mass is 9.95. The van der Waals surface area contributed by atoms with Crippen molar-refractivity contribution in [3.8, 4) is 11.5 Å². The average molecular weight is 404 g/mol. The van der Waals surface area contributed by atoms with Crippen LogP contribution in [0.4, 0.5) is 0 Å². The maximum atomic E-state index is 12.6. The van der Waals surface area contributed by atoms with Gasteiger partial charge in [0, 0.05) is 10.6 Å². The zero-order valence-corrected chi connectivity index (χ0v) is 17.3. The Bertz CT molecular complexity index is 825. The molecule has 2 atom stereocenters. The zero-order valence-electron chi connectivity index (χ0n) is 16.6. The molecule has 0 bridgehead atoms. The highest BCUT2D eigenvalue weighted by molar-refractivity contribution is 6.31. The van der Waals surface area contributed by atoms with Gasteiger partial charge in [0.15, 0.2) is 18.0 Å². The quantitative estimate of drug-likeness (QED) is 0.745. The fourth-order valence-corrected chi connectivity index (χ4v) is 3.68. The number of nitrogens with two attached hydrogens (primary N) is 1. The Kier molecular flexibility index (Phi) is 6.81. The van der Waals surface area contributed by atoms with E-state index in [9.17, 15) is 4.79 Å². The summed E-state index contributed by atoms with van der Waals surface area (Å²) < 4.78 is 11.3. The molecule has 1 heterocycles. The third-order valence-electron chi connectivity index (χ3n) is 4.96. The van der Waals surface area contributed by atoms with E-state index >= 15 is 0 Å². The minimum atomic E-state index is -0.0904. The molecule has 6 heteroatoms. The number of hydrogen-bond acceptors (Lipinski definition) is 3. The maximum absolute atomic E-state index is 12.6. The Balaban J connectivity index is 1.62. The van der Waals surface area contributed by atoms with Gasteiger partial charge in [-0.25, -0.2) is 0 Å². The fourth-order valence-electron chi connectivity index (χ4n) is 3.38. The number of fused-ring (bicyclic) bond motifs is 1. The van der Waals surface area contributed by atoms with Crippen molar-refractivity contribution < 1.29 is 19.6 Å². The Morgan fingerprint density at radius 3 is 2.54 bits per heavy atom. The van der Waals surface area contributed by atoms with Crippen LogP contribution in [0.5, 0.6) is 11.5 Å². The van der Waals surface area contributed by atoms with Crippen LogP contribution in [0.15, 0.2) is 42.5 Å². The van der Waals surface area contributed by atoms with Crippen LogP contribution >= 0.6 is 11.6 Å². The van der Waals surface area contributed by atoms with E-state index in [1.807, 2.05) is 47.8 Å². The van der Waals surface area contributed by atoms with Gasteiger partial charge in [-0.05, 0) is 36.6 Å². The molecular formula is C22H28ClN2O3+. The van der Waals surface area contributed by atoms with E-state index in [-0.39, 0.29) is 23.9 Å². The number of hydrogen-bond donors (Lipinski definition) is 2. The second kappa shape index (κ2) is 9.30. The Morgan fingerprint density at radius 1 is 1.11 bits per heavy atom. The van der Waals surface area contributed by atoms with Crippen LogP contribution in [0.3, 0.4) is 0 Å². The first-order valence-electron chi connectivity index (χ1n) is 9.72. The van der Waals surface area contributed by atoms with Crippen LogP contribution in [-0.2, 0) is 4.79 Å². The van der Waals surface area contributed by atoms with Gasteiger partial charge in [-0.2, -0.15) is 0 Å². The molecule has 1 aliphatic rings. The van der Waals surface area contributed by atoms with Crippen LogP contribution in [0.25, 0.3) is 0 Å². The van der Waals surface area contributed by atoms with Gasteiger partial charge in [0.05, 0.1) is 6.04 Å². The molecule has 0 aromatic heterocycles. The van der Waals surface area contributed by atoms with Crippen molar-refractivity contribution in [1.29, 1.82) is 0 Å². The second-order valence-corrected chi connectivity index (χ2v) is 7.85. The normalized spacial score (nSPS) is 15.2. The highest BCUT2D eigenvalue weighted by Gasteiger charge is 2.22. The van der Waals surface area contributed by atoms with Gasteiger partial charge in [0.2, 0.25) is 0 Å². The van der Waals surface area contributed by atoms with Crippen molar-refractivity contribution in [1.82, 2.24) is 5.32 Å². The summed E-state index contributed by atoms with van der Waals surface area (Å²) >= 11 is 6.26. The number of carbonyl (C=O) groups is 1. The predicted octanol–water partition coefficient (Wildman–Crippen LogP) is 3.25. The van der Waals surface area contributed by atoms with Crippen molar-refractivity contribution >= 4 is 17.5 Å². The lowest BCUT2D eigenvalue weighted by Crippen LogP contribution is -2.87. The van der Waals surface area contributed by atoms with Gasteiger partial charge < -0.3 is 20.1 Å². The lowest BCUT2D eigenvalue weighted by molar-refractivity contribution is -0.682. The number of amides is 1. The van der Waals surface area contributed by atoms with Gasteiger partial charge >= 0.3 is 0 Å². The second-order valence-electron chi connectivity index (χ2n) is 7.44. The Hall–Kier alpha value is -2.24. The lowest BCUT2D eigenvalue weighted by Gasteiger charge is -2.25. The average Bonchev–Trinajstić information content (AvgIpc) is 2.70. The molecule has 0 aliphatic carbocycles. The van der Waals surface area contributed by atoms with Crippen LogP contribution in [0.2, 0.25) is 5.02 Å². The molecule has 1 amide bonds.